The van der Waals surface area contributed by atoms with Crippen molar-refractivity contribution in [2.45, 2.75) is 18.9 Å². The average Bonchev–Trinajstić information content (AvgIpc) is 3.06. The minimum Gasteiger partial charge on any atom is -0.454 e. The van der Waals surface area contributed by atoms with E-state index in [4.69, 9.17) is 21.1 Å². The van der Waals surface area contributed by atoms with E-state index in [-0.39, 0.29) is 0 Å². The molecular formula is C14H12ClNO2S. The number of ether oxygens (including phenoxy) is 2. The molecule has 0 amide bonds. The highest BCUT2D eigenvalue weighted by atomic mass is 35.5. The fourth-order valence-electron chi connectivity index (χ4n) is 2.67. The monoisotopic (exact) mass is 293 g/mol. The molecule has 5 heteroatoms. The normalized spacial score (nSPS) is 19.5. The van der Waals surface area contributed by atoms with Crippen molar-refractivity contribution in [3.63, 3.8) is 0 Å². The highest BCUT2D eigenvalue weighted by molar-refractivity contribution is 7.16. The molecule has 1 aliphatic heterocycles. The number of hydrogen-bond donors (Lipinski definition) is 1. The Balaban J connectivity index is 1.59. The summed E-state index contributed by atoms with van der Waals surface area (Å²) in [6.45, 7) is 0.312. The predicted octanol–water partition coefficient (Wildman–Crippen LogP) is 4.23. The van der Waals surface area contributed by atoms with Gasteiger partial charge in [-0.05, 0) is 36.6 Å². The van der Waals surface area contributed by atoms with Crippen molar-refractivity contribution in [1.29, 1.82) is 0 Å². The van der Waals surface area contributed by atoms with Gasteiger partial charge in [-0.2, -0.15) is 0 Å². The lowest BCUT2D eigenvalue weighted by Crippen LogP contribution is -2.06. The molecule has 2 heterocycles. The number of anilines is 1. The van der Waals surface area contributed by atoms with Gasteiger partial charge >= 0.3 is 0 Å². The van der Waals surface area contributed by atoms with Gasteiger partial charge in [0, 0.05) is 16.6 Å². The molecule has 0 radical (unpaired) electrons. The maximum absolute atomic E-state index is 6.08. The van der Waals surface area contributed by atoms with Crippen molar-refractivity contribution < 1.29 is 9.47 Å². The fraction of sp³-hybridized carbons (Fsp3) is 0.286. The van der Waals surface area contributed by atoms with E-state index in [0.29, 0.717) is 12.8 Å². The molecule has 0 saturated carbocycles. The Morgan fingerprint density at radius 2 is 2.11 bits per heavy atom. The maximum atomic E-state index is 6.08. The van der Waals surface area contributed by atoms with Crippen LogP contribution in [0.3, 0.4) is 0 Å². The first-order valence-corrected chi connectivity index (χ1v) is 7.43. The molecular weight excluding hydrogens is 282 g/mol. The van der Waals surface area contributed by atoms with Crippen molar-refractivity contribution >= 4 is 28.6 Å². The van der Waals surface area contributed by atoms with Gasteiger partial charge in [0.05, 0.1) is 10.4 Å². The summed E-state index contributed by atoms with van der Waals surface area (Å²) in [5, 5.41) is 3.55. The number of nitrogens with one attached hydrogen (secondary N) is 1. The molecule has 1 atom stereocenters. The Labute approximate surface area is 120 Å². The summed E-state index contributed by atoms with van der Waals surface area (Å²) in [6.07, 6.45) is 2.22. The second-order valence-electron chi connectivity index (χ2n) is 4.73. The SMILES string of the molecule is Clc1cc2c(s1)CCC2Nc1ccc2c(c1)OCO2. The first-order chi connectivity index (χ1) is 9.29. The molecule has 19 heavy (non-hydrogen) atoms. The first kappa shape index (κ1) is 11.4. The van der Waals surface area contributed by atoms with E-state index in [0.717, 1.165) is 34.4 Å². The van der Waals surface area contributed by atoms with E-state index in [1.807, 2.05) is 18.2 Å². The van der Waals surface area contributed by atoms with Crippen LogP contribution in [0.2, 0.25) is 4.34 Å². The minimum atomic E-state index is 0.312. The van der Waals surface area contributed by atoms with Crippen LogP contribution in [-0.2, 0) is 6.42 Å². The van der Waals surface area contributed by atoms with Gasteiger partial charge in [-0.15, -0.1) is 11.3 Å². The molecule has 98 valence electrons. The molecule has 1 N–H and O–H groups in total. The van der Waals surface area contributed by atoms with Crippen LogP contribution in [0.1, 0.15) is 22.9 Å². The molecule has 2 aromatic rings. The topological polar surface area (TPSA) is 30.5 Å². The predicted molar refractivity (Wildman–Crippen MR) is 76.6 cm³/mol. The summed E-state index contributed by atoms with van der Waals surface area (Å²) >= 11 is 7.77. The Hall–Kier alpha value is -1.39. The highest BCUT2D eigenvalue weighted by Crippen LogP contribution is 2.42. The van der Waals surface area contributed by atoms with Crippen LogP contribution in [0.15, 0.2) is 24.3 Å². The summed E-state index contributed by atoms with van der Waals surface area (Å²) in [7, 11) is 0. The quantitative estimate of drug-likeness (QED) is 0.899. The average molecular weight is 294 g/mol. The molecule has 2 aliphatic rings. The Bertz CT molecular complexity index is 640. The van der Waals surface area contributed by atoms with Crippen molar-refractivity contribution in [2.75, 3.05) is 12.1 Å². The molecule has 1 aliphatic carbocycles. The van der Waals surface area contributed by atoms with Gasteiger partial charge in [0.2, 0.25) is 6.79 Å². The Morgan fingerprint density at radius 1 is 1.21 bits per heavy atom. The third-order valence-corrected chi connectivity index (χ3v) is 4.90. The van der Waals surface area contributed by atoms with Gasteiger partial charge in [0.1, 0.15) is 0 Å². The summed E-state index contributed by atoms with van der Waals surface area (Å²) in [5.41, 5.74) is 2.40. The number of halogens is 1. The zero-order valence-corrected chi connectivity index (χ0v) is 11.7. The van der Waals surface area contributed by atoms with Gasteiger partial charge < -0.3 is 14.8 Å². The van der Waals surface area contributed by atoms with Crippen LogP contribution < -0.4 is 14.8 Å². The largest absolute Gasteiger partial charge is 0.454 e. The molecule has 0 saturated heterocycles. The summed E-state index contributed by atoms with van der Waals surface area (Å²) in [6, 6.07) is 8.40. The van der Waals surface area contributed by atoms with Crippen LogP contribution in [-0.4, -0.2) is 6.79 Å². The van der Waals surface area contributed by atoms with E-state index in [9.17, 15) is 0 Å². The number of aryl methyl sites for hydroxylation is 1. The third kappa shape index (κ3) is 1.95. The number of fused-ring (bicyclic) bond motifs is 2. The van der Waals surface area contributed by atoms with Gasteiger partial charge in [0.25, 0.3) is 0 Å². The second kappa shape index (κ2) is 4.32. The van der Waals surface area contributed by atoms with Gasteiger partial charge in [0.15, 0.2) is 11.5 Å². The van der Waals surface area contributed by atoms with Gasteiger partial charge in [-0.1, -0.05) is 11.6 Å². The lowest BCUT2D eigenvalue weighted by molar-refractivity contribution is 0.174. The smallest absolute Gasteiger partial charge is 0.231 e. The van der Waals surface area contributed by atoms with Crippen LogP contribution in [0.5, 0.6) is 11.5 Å². The maximum Gasteiger partial charge on any atom is 0.231 e. The number of rotatable bonds is 2. The van der Waals surface area contributed by atoms with Gasteiger partial charge in [-0.3, -0.25) is 0 Å². The van der Waals surface area contributed by atoms with Crippen LogP contribution in [0.4, 0.5) is 5.69 Å². The van der Waals surface area contributed by atoms with Crippen molar-refractivity contribution in [2.24, 2.45) is 0 Å². The Morgan fingerprint density at radius 3 is 3.05 bits per heavy atom. The van der Waals surface area contributed by atoms with E-state index < -0.39 is 0 Å². The minimum absolute atomic E-state index is 0.312. The van der Waals surface area contributed by atoms with E-state index in [1.165, 1.54) is 10.4 Å². The summed E-state index contributed by atoms with van der Waals surface area (Å²) < 4.78 is 11.6. The first-order valence-electron chi connectivity index (χ1n) is 6.24. The van der Waals surface area contributed by atoms with E-state index in [1.54, 1.807) is 11.3 Å². The summed E-state index contributed by atoms with van der Waals surface area (Å²) in [4.78, 5) is 1.41. The van der Waals surface area contributed by atoms with Crippen molar-refractivity contribution in [3.8, 4) is 11.5 Å². The van der Waals surface area contributed by atoms with Crippen molar-refractivity contribution in [1.82, 2.24) is 0 Å². The number of benzene rings is 1. The van der Waals surface area contributed by atoms with Gasteiger partial charge in [-0.25, -0.2) is 0 Å². The standard InChI is InChI=1S/C14H12ClNO2S/c15-14-6-9-10(2-4-13(9)19-14)16-8-1-3-11-12(5-8)18-7-17-11/h1,3,5-6,10,16H,2,4,7H2. The third-order valence-electron chi connectivity index (χ3n) is 3.56. The molecule has 1 unspecified atom stereocenters. The van der Waals surface area contributed by atoms with E-state index in [2.05, 4.69) is 11.4 Å². The molecule has 1 aromatic carbocycles. The molecule has 1 aromatic heterocycles. The fourth-order valence-corrected chi connectivity index (χ4v) is 4.02. The van der Waals surface area contributed by atoms with E-state index >= 15 is 0 Å². The summed E-state index contributed by atoms with van der Waals surface area (Å²) in [5.74, 6) is 1.63. The molecule has 4 rings (SSSR count). The Kier molecular flexibility index (Phi) is 2.60. The zero-order valence-electron chi connectivity index (χ0n) is 10.1. The number of thiophene rings is 1. The van der Waals surface area contributed by atoms with Crippen LogP contribution in [0, 0.1) is 0 Å². The van der Waals surface area contributed by atoms with Crippen LogP contribution in [0.25, 0.3) is 0 Å². The molecule has 0 bridgehead atoms. The zero-order chi connectivity index (χ0) is 12.8. The van der Waals surface area contributed by atoms with Crippen molar-refractivity contribution in [3.05, 3.63) is 39.0 Å². The van der Waals surface area contributed by atoms with Crippen LogP contribution >= 0.6 is 22.9 Å². The second-order valence-corrected chi connectivity index (χ2v) is 6.50. The molecule has 0 spiro atoms. The number of hydrogen-bond acceptors (Lipinski definition) is 4. The molecule has 0 fully saturated rings. The lowest BCUT2D eigenvalue weighted by atomic mass is 10.1. The highest BCUT2D eigenvalue weighted by Gasteiger charge is 2.25. The lowest BCUT2D eigenvalue weighted by Gasteiger charge is -2.14. The molecule has 3 nitrogen and oxygen atoms in total.